The molecule has 0 aliphatic carbocycles. The molecular formula is C21H38ClNO2S. The van der Waals surface area contributed by atoms with Gasteiger partial charge < -0.3 is 10.1 Å². The van der Waals surface area contributed by atoms with E-state index in [0.29, 0.717) is 5.92 Å². The summed E-state index contributed by atoms with van der Waals surface area (Å²) in [5.41, 5.74) is 1.32. The van der Waals surface area contributed by atoms with Crippen LogP contribution in [-0.2, 0) is 9.53 Å². The van der Waals surface area contributed by atoms with Crippen molar-refractivity contribution in [1.82, 2.24) is 5.32 Å². The second-order valence-electron chi connectivity index (χ2n) is 7.20. The normalized spacial score (nSPS) is 13.3. The number of carbonyl (C=O) groups is 1. The minimum Gasteiger partial charge on any atom is -0.455 e. The van der Waals surface area contributed by atoms with Crippen molar-refractivity contribution in [2.24, 2.45) is 0 Å². The molecule has 0 bridgehead atoms. The van der Waals surface area contributed by atoms with Gasteiger partial charge >= 0.3 is 5.97 Å². The summed E-state index contributed by atoms with van der Waals surface area (Å²) in [4.78, 5) is 12.8. The summed E-state index contributed by atoms with van der Waals surface area (Å²) >= 11 is 1.71. The molecule has 26 heavy (non-hydrogen) atoms. The van der Waals surface area contributed by atoms with Crippen LogP contribution in [0.4, 0.5) is 0 Å². The molecule has 2 unspecified atom stereocenters. The molecule has 0 aliphatic heterocycles. The minimum atomic E-state index is -0.204. The third-order valence-corrected chi connectivity index (χ3v) is 5.63. The molecule has 5 heteroatoms. The molecule has 1 heterocycles. The van der Waals surface area contributed by atoms with Gasteiger partial charge in [0.25, 0.3) is 0 Å². The quantitative estimate of drug-likeness (QED) is 0.297. The monoisotopic (exact) mass is 403 g/mol. The van der Waals surface area contributed by atoms with E-state index >= 15 is 0 Å². The molecule has 0 saturated carbocycles. The first-order valence-electron chi connectivity index (χ1n) is 9.98. The van der Waals surface area contributed by atoms with E-state index in [1.54, 1.807) is 11.3 Å². The third kappa shape index (κ3) is 9.38. The zero-order chi connectivity index (χ0) is 18.7. The van der Waals surface area contributed by atoms with Crippen molar-refractivity contribution in [3.8, 4) is 0 Å². The van der Waals surface area contributed by atoms with Gasteiger partial charge in [-0.1, -0.05) is 59.8 Å². The second-order valence-corrected chi connectivity index (χ2v) is 8.15. The fourth-order valence-corrected chi connectivity index (χ4v) is 4.16. The second kappa shape index (κ2) is 14.5. The Morgan fingerprint density at radius 3 is 2.35 bits per heavy atom. The van der Waals surface area contributed by atoms with Crippen LogP contribution in [0, 0.1) is 0 Å². The number of esters is 1. The summed E-state index contributed by atoms with van der Waals surface area (Å²) in [5, 5.41) is 5.82. The van der Waals surface area contributed by atoms with E-state index in [0.717, 1.165) is 17.8 Å². The Morgan fingerprint density at radius 2 is 1.81 bits per heavy atom. The Bertz CT molecular complexity index is 490. The van der Waals surface area contributed by atoms with Crippen molar-refractivity contribution in [3.63, 3.8) is 0 Å². The van der Waals surface area contributed by atoms with Crippen molar-refractivity contribution in [1.29, 1.82) is 0 Å². The van der Waals surface area contributed by atoms with Gasteiger partial charge in [-0.3, -0.25) is 4.79 Å². The van der Waals surface area contributed by atoms with Crippen LogP contribution >= 0.6 is 23.7 Å². The molecule has 1 N–H and O–H groups in total. The van der Waals surface area contributed by atoms with Crippen LogP contribution in [0.25, 0.3) is 0 Å². The number of rotatable bonds is 13. The van der Waals surface area contributed by atoms with Crippen LogP contribution in [0.1, 0.15) is 102 Å². The molecule has 0 spiro atoms. The lowest BCUT2D eigenvalue weighted by molar-refractivity contribution is -0.148. The van der Waals surface area contributed by atoms with E-state index in [4.69, 9.17) is 4.74 Å². The van der Waals surface area contributed by atoms with Gasteiger partial charge in [0.1, 0.15) is 0 Å². The number of hydrogen-bond acceptors (Lipinski definition) is 4. The zero-order valence-corrected chi connectivity index (χ0v) is 18.8. The van der Waals surface area contributed by atoms with Gasteiger partial charge in [-0.05, 0) is 42.3 Å². The molecule has 3 nitrogen and oxygen atoms in total. The summed E-state index contributed by atoms with van der Waals surface area (Å²) in [6, 6.07) is 2.39. The summed E-state index contributed by atoms with van der Waals surface area (Å²) in [7, 11) is 0. The van der Waals surface area contributed by atoms with E-state index in [1.807, 2.05) is 0 Å². The first kappa shape index (κ1) is 25.4. The van der Waals surface area contributed by atoms with Crippen LogP contribution in [0.3, 0.4) is 0 Å². The largest absolute Gasteiger partial charge is 0.455 e. The van der Waals surface area contributed by atoms with Gasteiger partial charge in [0.05, 0.1) is 0 Å². The van der Waals surface area contributed by atoms with E-state index < -0.39 is 0 Å². The maximum absolute atomic E-state index is 11.6. The zero-order valence-electron chi connectivity index (χ0n) is 17.2. The first-order chi connectivity index (χ1) is 12.0. The van der Waals surface area contributed by atoms with Crippen molar-refractivity contribution < 1.29 is 9.53 Å². The predicted molar refractivity (Wildman–Crippen MR) is 116 cm³/mol. The molecular weight excluding hydrogens is 366 g/mol. The summed E-state index contributed by atoms with van der Waals surface area (Å²) < 4.78 is 5.70. The average molecular weight is 404 g/mol. The van der Waals surface area contributed by atoms with Crippen molar-refractivity contribution in [2.75, 3.05) is 6.54 Å². The lowest BCUT2D eigenvalue weighted by Gasteiger charge is -2.26. The number of thiophene rings is 1. The van der Waals surface area contributed by atoms with Gasteiger partial charge in [-0.25, -0.2) is 0 Å². The van der Waals surface area contributed by atoms with Crippen LogP contribution in [0.15, 0.2) is 11.4 Å². The maximum atomic E-state index is 11.6. The fraction of sp³-hybridized carbons (Fsp3) is 0.762. The molecule has 0 radical (unpaired) electrons. The van der Waals surface area contributed by atoms with Crippen molar-refractivity contribution in [3.05, 3.63) is 21.9 Å². The SMILES string of the molecule is CCCCCCCCNC(CC)C(OC(C)=O)c1cc(C(C)C)cs1.Cl. The summed E-state index contributed by atoms with van der Waals surface area (Å²) in [5.74, 6) is 0.295. The molecule has 0 saturated heterocycles. The third-order valence-electron chi connectivity index (χ3n) is 4.62. The first-order valence-corrected chi connectivity index (χ1v) is 10.9. The minimum absolute atomic E-state index is 0. The number of halogens is 1. The van der Waals surface area contributed by atoms with Crippen molar-refractivity contribution in [2.45, 2.75) is 97.6 Å². The van der Waals surface area contributed by atoms with Crippen LogP contribution in [0.5, 0.6) is 0 Å². The topological polar surface area (TPSA) is 38.3 Å². The van der Waals surface area contributed by atoms with E-state index in [2.05, 4.69) is 44.5 Å². The molecule has 0 fully saturated rings. The Kier molecular flexibility index (Phi) is 14.2. The van der Waals surface area contributed by atoms with E-state index in [1.165, 1.54) is 51.0 Å². The highest BCUT2D eigenvalue weighted by Crippen LogP contribution is 2.32. The number of ether oxygens (including phenoxy) is 1. The van der Waals surface area contributed by atoms with Gasteiger partial charge in [-0.2, -0.15) is 0 Å². The fourth-order valence-electron chi connectivity index (χ4n) is 3.00. The Hall–Kier alpha value is -0.580. The molecule has 1 aromatic rings. The van der Waals surface area contributed by atoms with Gasteiger partial charge in [0.2, 0.25) is 0 Å². The van der Waals surface area contributed by atoms with Gasteiger partial charge in [0.15, 0.2) is 6.10 Å². The van der Waals surface area contributed by atoms with Crippen molar-refractivity contribution >= 4 is 29.7 Å². The van der Waals surface area contributed by atoms with Gasteiger partial charge in [-0.15, -0.1) is 23.7 Å². The molecule has 152 valence electrons. The van der Waals surface area contributed by atoms with E-state index in [9.17, 15) is 4.79 Å². The highest BCUT2D eigenvalue weighted by molar-refractivity contribution is 7.10. The highest BCUT2D eigenvalue weighted by Gasteiger charge is 2.26. The smallest absolute Gasteiger partial charge is 0.303 e. The lowest BCUT2D eigenvalue weighted by Crippen LogP contribution is -2.36. The maximum Gasteiger partial charge on any atom is 0.303 e. The summed E-state index contributed by atoms with van der Waals surface area (Å²) in [6.45, 7) is 11.3. The molecule has 1 aromatic heterocycles. The molecule has 1 rings (SSSR count). The van der Waals surface area contributed by atoms with Crippen LogP contribution in [-0.4, -0.2) is 18.6 Å². The number of hydrogen-bond donors (Lipinski definition) is 1. The average Bonchev–Trinajstić information content (AvgIpc) is 3.06. The summed E-state index contributed by atoms with van der Waals surface area (Å²) in [6.07, 6.45) is 8.53. The number of nitrogens with one attached hydrogen (secondary N) is 1. The number of unbranched alkanes of at least 4 members (excludes halogenated alkanes) is 5. The van der Waals surface area contributed by atoms with Gasteiger partial charge in [0, 0.05) is 17.8 Å². The predicted octanol–water partition coefficient (Wildman–Crippen LogP) is 6.63. The number of carbonyl (C=O) groups excluding carboxylic acids is 1. The lowest BCUT2D eigenvalue weighted by atomic mass is 10.0. The molecule has 2 atom stereocenters. The Labute approximate surface area is 170 Å². The highest BCUT2D eigenvalue weighted by atomic mass is 35.5. The Balaban J connectivity index is 0.00000625. The van der Waals surface area contributed by atoms with Crippen LogP contribution in [0.2, 0.25) is 0 Å². The Morgan fingerprint density at radius 1 is 1.15 bits per heavy atom. The van der Waals surface area contributed by atoms with Crippen LogP contribution < -0.4 is 5.32 Å². The van der Waals surface area contributed by atoms with E-state index in [-0.39, 0.29) is 30.5 Å². The molecule has 0 aliphatic rings. The molecule has 0 amide bonds. The molecule has 0 aromatic carbocycles. The standard InChI is InChI=1S/C21H37NO2S.ClH/c1-6-8-9-10-11-12-13-22-19(7-2)21(24-17(5)23)20-14-18(15-25-20)16(3)4;/h14-16,19,21-22H,6-13H2,1-5H3;1H.